The third-order valence-corrected chi connectivity index (χ3v) is 6.80. The number of anilines is 1. The van der Waals surface area contributed by atoms with E-state index in [2.05, 4.69) is 25.2 Å². The molecule has 11 heteroatoms. The third kappa shape index (κ3) is 4.63. The van der Waals surface area contributed by atoms with Gasteiger partial charge >= 0.3 is 0 Å². The molecular weight excluding hydrogens is 480 g/mol. The summed E-state index contributed by atoms with van der Waals surface area (Å²) in [6.45, 7) is 11.1. The van der Waals surface area contributed by atoms with E-state index in [1.165, 1.54) is 6.33 Å². The van der Waals surface area contributed by atoms with Crippen LogP contribution in [0.2, 0.25) is 5.02 Å². The summed E-state index contributed by atoms with van der Waals surface area (Å²) >= 11 is 6.80. The SMILES string of the molecule is CC(C)(C)n1nc(-c2[nH]c3cc(C(=O)NCCCN4CCOCC4)ccc3c2Cl)c2c(N)ncnc21. The van der Waals surface area contributed by atoms with Crippen molar-refractivity contribution in [1.82, 2.24) is 34.9 Å². The number of hydrogen-bond donors (Lipinski definition) is 3. The Bertz CT molecular complexity index is 1420. The van der Waals surface area contributed by atoms with Gasteiger partial charge in [0.05, 0.1) is 34.9 Å². The number of aromatic amines is 1. The first kappa shape index (κ1) is 24.5. The lowest BCUT2D eigenvalue weighted by atomic mass is 10.1. The average molecular weight is 511 g/mol. The zero-order valence-corrected chi connectivity index (χ0v) is 21.5. The van der Waals surface area contributed by atoms with Gasteiger partial charge in [0.15, 0.2) is 5.65 Å². The summed E-state index contributed by atoms with van der Waals surface area (Å²) in [6, 6.07) is 5.44. The van der Waals surface area contributed by atoms with Crippen molar-refractivity contribution in [3.8, 4) is 11.4 Å². The summed E-state index contributed by atoms with van der Waals surface area (Å²) in [7, 11) is 0. The monoisotopic (exact) mass is 510 g/mol. The van der Waals surface area contributed by atoms with Gasteiger partial charge in [0, 0.05) is 36.1 Å². The van der Waals surface area contributed by atoms with Gasteiger partial charge in [-0.25, -0.2) is 14.6 Å². The zero-order chi connectivity index (χ0) is 25.4. The summed E-state index contributed by atoms with van der Waals surface area (Å²) in [6.07, 6.45) is 2.32. The summed E-state index contributed by atoms with van der Waals surface area (Å²) in [5.41, 5.74) is 9.04. The van der Waals surface area contributed by atoms with Crippen molar-refractivity contribution < 1.29 is 9.53 Å². The van der Waals surface area contributed by atoms with E-state index in [-0.39, 0.29) is 11.4 Å². The third-order valence-electron chi connectivity index (χ3n) is 6.40. The minimum Gasteiger partial charge on any atom is -0.383 e. The maximum atomic E-state index is 12.8. The molecule has 4 heterocycles. The molecule has 3 aromatic heterocycles. The minimum atomic E-state index is -0.331. The molecule has 1 aliphatic heterocycles. The van der Waals surface area contributed by atoms with Crippen molar-refractivity contribution in [1.29, 1.82) is 0 Å². The van der Waals surface area contributed by atoms with Crippen LogP contribution in [0.3, 0.4) is 0 Å². The number of nitrogen functional groups attached to an aromatic ring is 1. The van der Waals surface area contributed by atoms with Gasteiger partial charge in [-0.3, -0.25) is 9.69 Å². The van der Waals surface area contributed by atoms with E-state index in [1.807, 2.05) is 37.6 Å². The van der Waals surface area contributed by atoms with Crippen LogP contribution in [0.4, 0.5) is 5.82 Å². The normalized spacial score (nSPS) is 15.1. The number of aromatic nitrogens is 5. The fourth-order valence-corrected chi connectivity index (χ4v) is 4.82. The molecule has 0 radical (unpaired) electrons. The zero-order valence-electron chi connectivity index (χ0n) is 20.8. The number of hydrogen-bond acceptors (Lipinski definition) is 7. The maximum Gasteiger partial charge on any atom is 0.251 e. The molecule has 1 fully saturated rings. The molecule has 5 rings (SSSR count). The topological polar surface area (TPSA) is 127 Å². The molecule has 1 aromatic carbocycles. The molecule has 0 spiro atoms. The Kier molecular flexibility index (Phi) is 6.59. The van der Waals surface area contributed by atoms with Crippen LogP contribution in [0.5, 0.6) is 0 Å². The van der Waals surface area contributed by atoms with Crippen molar-refractivity contribution in [3.63, 3.8) is 0 Å². The quantitative estimate of drug-likeness (QED) is 0.339. The molecular formula is C25H31ClN8O2. The molecule has 0 aliphatic carbocycles. The number of carbonyl (C=O) groups excluding carboxylic acids is 1. The van der Waals surface area contributed by atoms with Crippen LogP contribution in [0.25, 0.3) is 33.3 Å². The first-order chi connectivity index (χ1) is 17.2. The molecule has 1 amide bonds. The van der Waals surface area contributed by atoms with Crippen LogP contribution in [-0.2, 0) is 10.3 Å². The number of nitrogens with two attached hydrogens (primary N) is 1. The highest BCUT2D eigenvalue weighted by Crippen LogP contribution is 2.39. The number of carbonyl (C=O) groups is 1. The van der Waals surface area contributed by atoms with E-state index in [1.54, 1.807) is 6.07 Å². The number of morpholine rings is 1. The average Bonchev–Trinajstić information content (AvgIpc) is 3.41. The van der Waals surface area contributed by atoms with Gasteiger partial charge in [-0.15, -0.1) is 0 Å². The standard InChI is InChI=1S/C25H31ClN8O2/c1-25(2,3)34-23-18(22(27)29-14-30-23)20(32-34)21-19(26)16-6-5-15(13-17(16)31-21)24(35)28-7-4-8-33-9-11-36-12-10-33/h5-6,13-14,31H,4,7-12H2,1-3H3,(H,28,35)(H2,27,29,30). The lowest BCUT2D eigenvalue weighted by molar-refractivity contribution is 0.0374. The van der Waals surface area contributed by atoms with Crippen LogP contribution >= 0.6 is 11.6 Å². The minimum absolute atomic E-state index is 0.119. The number of halogens is 1. The number of nitrogens with one attached hydrogen (secondary N) is 2. The van der Waals surface area contributed by atoms with E-state index in [0.717, 1.165) is 50.2 Å². The molecule has 1 aliphatic rings. The molecule has 0 saturated carbocycles. The van der Waals surface area contributed by atoms with Gasteiger partial charge in [0.2, 0.25) is 0 Å². The smallest absolute Gasteiger partial charge is 0.251 e. The second-order valence-electron chi connectivity index (χ2n) is 10.0. The highest BCUT2D eigenvalue weighted by Gasteiger charge is 2.26. The van der Waals surface area contributed by atoms with Crippen LogP contribution in [-0.4, -0.2) is 74.9 Å². The Balaban J connectivity index is 1.40. The van der Waals surface area contributed by atoms with Gasteiger partial charge in [0.25, 0.3) is 5.91 Å². The number of rotatable bonds is 6. The van der Waals surface area contributed by atoms with Gasteiger partial charge < -0.3 is 20.8 Å². The number of ether oxygens (including phenoxy) is 1. The molecule has 0 atom stereocenters. The molecule has 10 nitrogen and oxygen atoms in total. The largest absolute Gasteiger partial charge is 0.383 e. The Hall–Kier alpha value is -3.21. The van der Waals surface area contributed by atoms with Crippen molar-refractivity contribution in [2.45, 2.75) is 32.7 Å². The van der Waals surface area contributed by atoms with E-state index < -0.39 is 0 Å². The summed E-state index contributed by atoms with van der Waals surface area (Å²) in [4.78, 5) is 27.1. The first-order valence-corrected chi connectivity index (χ1v) is 12.5. The second kappa shape index (κ2) is 9.68. The van der Waals surface area contributed by atoms with Crippen molar-refractivity contribution in [2.24, 2.45) is 0 Å². The summed E-state index contributed by atoms with van der Waals surface area (Å²) in [5, 5.41) is 9.78. The lowest BCUT2D eigenvalue weighted by Crippen LogP contribution is -2.38. The highest BCUT2D eigenvalue weighted by molar-refractivity contribution is 6.38. The molecule has 4 aromatic rings. The van der Waals surface area contributed by atoms with Crippen LogP contribution in [0.1, 0.15) is 37.6 Å². The second-order valence-corrected chi connectivity index (χ2v) is 10.4. The number of benzene rings is 1. The van der Waals surface area contributed by atoms with Gasteiger partial charge in [0.1, 0.15) is 17.8 Å². The summed E-state index contributed by atoms with van der Waals surface area (Å²) < 4.78 is 7.20. The molecule has 36 heavy (non-hydrogen) atoms. The van der Waals surface area contributed by atoms with Gasteiger partial charge in [-0.1, -0.05) is 17.7 Å². The molecule has 4 N–H and O–H groups in total. The number of fused-ring (bicyclic) bond motifs is 2. The fourth-order valence-electron chi connectivity index (χ4n) is 4.52. The Morgan fingerprint density at radius 1 is 1.25 bits per heavy atom. The predicted molar refractivity (Wildman–Crippen MR) is 141 cm³/mol. The number of H-pyrrole nitrogens is 1. The van der Waals surface area contributed by atoms with Crippen LogP contribution < -0.4 is 11.1 Å². The highest BCUT2D eigenvalue weighted by atomic mass is 35.5. The Morgan fingerprint density at radius 3 is 2.78 bits per heavy atom. The molecule has 1 saturated heterocycles. The van der Waals surface area contributed by atoms with E-state index in [4.69, 9.17) is 27.2 Å². The fraction of sp³-hybridized carbons (Fsp3) is 0.440. The number of amides is 1. The lowest BCUT2D eigenvalue weighted by Gasteiger charge is -2.26. The van der Waals surface area contributed by atoms with Gasteiger partial charge in [-0.2, -0.15) is 5.10 Å². The molecule has 0 bridgehead atoms. The van der Waals surface area contributed by atoms with Crippen LogP contribution in [0.15, 0.2) is 24.5 Å². The predicted octanol–water partition coefficient (Wildman–Crippen LogP) is 3.42. The van der Waals surface area contributed by atoms with Crippen molar-refractivity contribution >= 4 is 45.3 Å². The van der Waals surface area contributed by atoms with Gasteiger partial charge in [-0.05, 0) is 45.9 Å². The molecule has 190 valence electrons. The van der Waals surface area contributed by atoms with E-state index >= 15 is 0 Å². The first-order valence-electron chi connectivity index (χ1n) is 12.1. The summed E-state index contributed by atoms with van der Waals surface area (Å²) in [5.74, 6) is 0.212. The van der Waals surface area contributed by atoms with Crippen molar-refractivity contribution in [3.05, 3.63) is 35.1 Å². The Labute approximate surface area is 214 Å². The maximum absolute atomic E-state index is 12.8. The molecule has 0 unspecified atom stereocenters. The van der Waals surface area contributed by atoms with Crippen LogP contribution in [0, 0.1) is 0 Å². The Morgan fingerprint density at radius 2 is 2.03 bits per heavy atom. The van der Waals surface area contributed by atoms with Crippen molar-refractivity contribution in [2.75, 3.05) is 45.1 Å². The van der Waals surface area contributed by atoms with E-state index in [0.29, 0.717) is 45.4 Å². The number of nitrogens with zero attached hydrogens (tertiary/aromatic N) is 5. The van der Waals surface area contributed by atoms with E-state index in [9.17, 15) is 4.79 Å².